The Labute approximate surface area is 100 Å². The fourth-order valence-corrected chi connectivity index (χ4v) is 1.77. The van der Waals surface area contributed by atoms with E-state index in [9.17, 15) is 13.2 Å². The van der Waals surface area contributed by atoms with Crippen molar-refractivity contribution in [3.63, 3.8) is 0 Å². The second kappa shape index (κ2) is 5.76. The topological polar surface area (TPSA) is 101 Å². The molecule has 94 valence electrons. The van der Waals surface area contributed by atoms with Gasteiger partial charge in [0, 0.05) is 18.7 Å². The molecule has 1 amide bonds. The van der Waals surface area contributed by atoms with Crippen molar-refractivity contribution in [1.29, 1.82) is 0 Å². The molecule has 0 atom stereocenters. The standard InChI is InChI=1S/C10H15N3O3S/c1-12-6-5-10(14)13-8-3-2-4-9(7-8)17(11,15)16/h2-4,7,12H,5-6H2,1H3,(H,13,14)(H2,11,15,16). The molecule has 0 unspecified atom stereocenters. The molecule has 1 aromatic carbocycles. The molecule has 0 heterocycles. The minimum absolute atomic E-state index is 0.0242. The first-order valence-corrected chi connectivity index (χ1v) is 6.55. The lowest BCUT2D eigenvalue weighted by molar-refractivity contribution is -0.116. The number of amides is 1. The second-order valence-corrected chi connectivity index (χ2v) is 5.04. The van der Waals surface area contributed by atoms with E-state index in [4.69, 9.17) is 5.14 Å². The molecule has 0 radical (unpaired) electrons. The van der Waals surface area contributed by atoms with Gasteiger partial charge in [-0.05, 0) is 25.2 Å². The van der Waals surface area contributed by atoms with Crippen LogP contribution in [0.4, 0.5) is 5.69 Å². The number of sulfonamides is 1. The Kier molecular flexibility index (Phi) is 4.62. The van der Waals surface area contributed by atoms with Gasteiger partial charge in [0.05, 0.1) is 4.90 Å². The summed E-state index contributed by atoms with van der Waals surface area (Å²) in [5, 5.41) is 10.4. The monoisotopic (exact) mass is 257 g/mol. The highest BCUT2D eigenvalue weighted by atomic mass is 32.2. The fraction of sp³-hybridized carbons (Fsp3) is 0.300. The van der Waals surface area contributed by atoms with E-state index in [0.29, 0.717) is 18.7 Å². The average Bonchev–Trinajstić information content (AvgIpc) is 2.25. The summed E-state index contributed by atoms with van der Waals surface area (Å²) < 4.78 is 22.2. The summed E-state index contributed by atoms with van der Waals surface area (Å²) in [6.45, 7) is 0.556. The number of benzene rings is 1. The third kappa shape index (κ3) is 4.51. The highest BCUT2D eigenvalue weighted by molar-refractivity contribution is 7.89. The van der Waals surface area contributed by atoms with Gasteiger partial charge >= 0.3 is 0 Å². The molecule has 1 aromatic rings. The molecule has 0 saturated heterocycles. The number of anilines is 1. The molecule has 7 heteroatoms. The third-order valence-corrected chi connectivity index (χ3v) is 2.96. The molecule has 0 saturated carbocycles. The fourth-order valence-electron chi connectivity index (χ4n) is 1.21. The van der Waals surface area contributed by atoms with E-state index in [1.54, 1.807) is 13.1 Å². The Balaban J connectivity index is 2.76. The molecule has 1 rings (SSSR count). The van der Waals surface area contributed by atoms with Crippen molar-refractivity contribution in [3.05, 3.63) is 24.3 Å². The van der Waals surface area contributed by atoms with Crippen molar-refractivity contribution in [2.45, 2.75) is 11.3 Å². The Morgan fingerprint density at radius 1 is 1.41 bits per heavy atom. The SMILES string of the molecule is CNCCC(=O)Nc1cccc(S(N)(=O)=O)c1. The number of nitrogens with one attached hydrogen (secondary N) is 2. The first kappa shape index (κ1) is 13.6. The normalized spacial score (nSPS) is 11.2. The van der Waals surface area contributed by atoms with Crippen molar-refractivity contribution in [1.82, 2.24) is 5.32 Å². The van der Waals surface area contributed by atoms with Crippen LogP contribution in [0.1, 0.15) is 6.42 Å². The van der Waals surface area contributed by atoms with Gasteiger partial charge < -0.3 is 10.6 Å². The zero-order valence-electron chi connectivity index (χ0n) is 9.43. The Morgan fingerprint density at radius 2 is 2.12 bits per heavy atom. The Morgan fingerprint density at radius 3 is 2.71 bits per heavy atom. The molecule has 17 heavy (non-hydrogen) atoms. The number of carbonyl (C=O) groups excluding carboxylic acids is 1. The first-order chi connectivity index (χ1) is 7.93. The molecule has 0 aromatic heterocycles. The number of nitrogens with two attached hydrogens (primary N) is 1. The number of hydrogen-bond donors (Lipinski definition) is 3. The van der Waals surface area contributed by atoms with Crippen LogP contribution in [-0.4, -0.2) is 27.9 Å². The van der Waals surface area contributed by atoms with Crippen LogP contribution in [0.25, 0.3) is 0 Å². The maximum atomic E-state index is 11.4. The van der Waals surface area contributed by atoms with Crippen LogP contribution in [0.15, 0.2) is 29.2 Å². The summed E-state index contributed by atoms with van der Waals surface area (Å²) in [6.07, 6.45) is 0.316. The van der Waals surface area contributed by atoms with E-state index in [1.165, 1.54) is 18.2 Å². The van der Waals surface area contributed by atoms with Crippen LogP contribution in [-0.2, 0) is 14.8 Å². The molecule has 0 bridgehead atoms. The summed E-state index contributed by atoms with van der Waals surface area (Å²) in [5.41, 5.74) is 0.414. The van der Waals surface area contributed by atoms with E-state index >= 15 is 0 Å². The molecule has 0 aliphatic rings. The number of primary sulfonamides is 1. The van der Waals surface area contributed by atoms with Crippen LogP contribution in [0.3, 0.4) is 0 Å². The van der Waals surface area contributed by atoms with Gasteiger partial charge in [0.25, 0.3) is 0 Å². The van der Waals surface area contributed by atoms with Crippen molar-refractivity contribution < 1.29 is 13.2 Å². The van der Waals surface area contributed by atoms with Crippen LogP contribution in [0, 0.1) is 0 Å². The molecule has 6 nitrogen and oxygen atoms in total. The summed E-state index contributed by atoms with van der Waals surface area (Å²) in [6, 6.07) is 5.82. The van der Waals surface area contributed by atoms with Crippen molar-refractivity contribution >= 4 is 21.6 Å². The van der Waals surface area contributed by atoms with E-state index in [0.717, 1.165) is 0 Å². The van der Waals surface area contributed by atoms with Gasteiger partial charge in [-0.15, -0.1) is 0 Å². The number of hydrogen-bond acceptors (Lipinski definition) is 4. The van der Waals surface area contributed by atoms with Gasteiger partial charge in [-0.2, -0.15) is 0 Å². The quantitative estimate of drug-likeness (QED) is 0.684. The molecular formula is C10H15N3O3S. The summed E-state index contributed by atoms with van der Waals surface area (Å²) in [5.74, 6) is -0.189. The number of carbonyl (C=O) groups is 1. The molecule has 4 N–H and O–H groups in total. The van der Waals surface area contributed by atoms with Gasteiger partial charge in [0.2, 0.25) is 15.9 Å². The van der Waals surface area contributed by atoms with E-state index in [-0.39, 0.29) is 10.8 Å². The van der Waals surface area contributed by atoms with E-state index in [1.807, 2.05) is 0 Å². The van der Waals surface area contributed by atoms with E-state index < -0.39 is 10.0 Å². The van der Waals surface area contributed by atoms with Crippen molar-refractivity contribution in [2.75, 3.05) is 18.9 Å². The van der Waals surface area contributed by atoms with Crippen LogP contribution in [0.2, 0.25) is 0 Å². The van der Waals surface area contributed by atoms with E-state index in [2.05, 4.69) is 10.6 Å². The predicted molar refractivity (Wildman–Crippen MR) is 65.0 cm³/mol. The molecule has 0 aliphatic carbocycles. The highest BCUT2D eigenvalue weighted by Crippen LogP contribution is 2.14. The Bertz CT molecular complexity index is 499. The summed E-state index contributed by atoms with van der Waals surface area (Å²) in [4.78, 5) is 11.4. The minimum Gasteiger partial charge on any atom is -0.326 e. The third-order valence-electron chi connectivity index (χ3n) is 2.05. The lowest BCUT2D eigenvalue weighted by Gasteiger charge is -2.06. The molecular weight excluding hydrogens is 242 g/mol. The maximum Gasteiger partial charge on any atom is 0.238 e. The highest BCUT2D eigenvalue weighted by Gasteiger charge is 2.09. The van der Waals surface area contributed by atoms with Crippen LogP contribution in [0.5, 0.6) is 0 Å². The van der Waals surface area contributed by atoms with Gasteiger partial charge in [0.1, 0.15) is 0 Å². The van der Waals surface area contributed by atoms with Crippen LogP contribution >= 0.6 is 0 Å². The predicted octanol–water partition coefficient (Wildman–Crippen LogP) is -0.118. The zero-order valence-corrected chi connectivity index (χ0v) is 10.3. The maximum absolute atomic E-state index is 11.4. The van der Waals surface area contributed by atoms with Crippen molar-refractivity contribution in [2.24, 2.45) is 5.14 Å². The average molecular weight is 257 g/mol. The second-order valence-electron chi connectivity index (χ2n) is 3.47. The lowest BCUT2D eigenvalue weighted by atomic mass is 10.3. The lowest BCUT2D eigenvalue weighted by Crippen LogP contribution is -2.19. The smallest absolute Gasteiger partial charge is 0.238 e. The molecule has 0 fully saturated rings. The van der Waals surface area contributed by atoms with Gasteiger partial charge in [-0.25, -0.2) is 13.6 Å². The molecule has 0 aliphatic heterocycles. The van der Waals surface area contributed by atoms with Crippen molar-refractivity contribution in [3.8, 4) is 0 Å². The summed E-state index contributed by atoms with van der Waals surface area (Å²) >= 11 is 0. The summed E-state index contributed by atoms with van der Waals surface area (Å²) in [7, 11) is -2.00. The Hall–Kier alpha value is -1.44. The zero-order chi connectivity index (χ0) is 12.9. The number of rotatable bonds is 5. The van der Waals surface area contributed by atoms with Gasteiger partial charge in [-0.3, -0.25) is 4.79 Å². The molecule has 0 spiro atoms. The van der Waals surface area contributed by atoms with Gasteiger partial charge in [-0.1, -0.05) is 6.07 Å². The minimum atomic E-state index is -3.74. The largest absolute Gasteiger partial charge is 0.326 e. The van der Waals surface area contributed by atoms with Gasteiger partial charge in [0.15, 0.2) is 0 Å². The first-order valence-electron chi connectivity index (χ1n) is 5.01. The van der Waals surface area contributed by atoms with Crippen LogP contribution < -0.4 is 15.8 Å².